The molecule has 0 fully saturated rings. The molecule has 15 heavy (non-hydrogen) atoms. The zero-order valence-electron chi connectivity index (χ0n) is 8.28. The molecule has 0 saturated carbocycles. The minimum Gasteiger partial charge on any atom is -0.397 e. The van der Waals surface area contributed by atoms with Gasteiger partial charge in [0.15, 0.2) is 0 Å². The Morgan fingerprint density at radius 1 is 0.933 bits per heavy atom. The number of nitrogen functional groups attached to an aromatic ring is 1. The van der Waals surface area contributed by atoms with Crippen molar-refractivity contribution in [2.45, 2.75) is 6.42 Å². The quantitative estimate of drug-likeness (QED) is 0.766. The normalized spacial score (nSPS) is 10.2. The van der Waals surface area contributed by atoms with Crippen molar-refractivity contribution >= 4 is 17.3 Å². The third kappa shape index (κ3) is 2.31. The largest absolute Gasteiger partial charge is 0.397 e. The van der Waals surface area contributed by atoms with E-state index in [1.54, 1.807) is 0 Å². The Bertz CT molecular complexity index is 451. The average molecular weight is 218 g/mol. The zero-order chi connectivity index (χ0) is 10.7. The summed E-state index contributed by atoms with van der Waals surface area (Å²) >= 11 is 5.96. The fourth-order valence-electron chi connectivity index (χ4n) is 1.55. The lowest BCUT2D eigenvalue weighted by molar-refractivity contribution is 1.20. The molecule has 0 heterocycles. The van der Waals surface area contributed by atoms with Crippen molar-refractivity contribution in [2.75, 3.05) is 5.73 Å². The maximum absolute atomic E-state index is 5.96. The van der Waals surface area contributed by atoms with E-state index >= 15 is 0 Å². The summed E-state index contributed by atoms with van der Waals surface area (Å²) in [4.78, 5) is 0. The average Bonchev–Trinajstić information content (AvgIpc) is 2.26. The van der Waals surface area contributed by atoms with Gasteiger partial charge in [-0.05, 0) is 23.6 Å². The van der Waals surface area contributed by atoms with Crippen molar-refractivity contribution in [3.05, 3.63) is 64.7 Å². The monoisotopic (exact) mass is 217 g/mol. The van der Waals surface area contributed by atoms with Gasteiger partial charge in [-0.25, -0.2) is 0 Å². The minimum atomic E-state index is 0.628. The molecule has 0 radical (unpaired) electrons. The molecule has 2 N–H and O–H groups in total. The predicted molar refractivity (Wildman–Crippen MR) is 65.1 cm³/mol. The van der Waals surface area contributed by atoms with E-state index in [0.29, 0.717) is 10.7 Å². The Hall–Kier alpha value is -1.47. The lowest BCUT2D eigenvalue weighted by atomic mass is 10.0. The molecule has 0 amide bonds. The lowest BCUT2D eigenvalue weighted by Gasteiger charge is -2.06. The molecule has 2 heteroatoms. The second-order valence-electron chi connectivity index (χ2n) is 3.48. The molecule has 0 atom stereocenters. The van der Waals surface area contributed by atoms with Crippen molar-refractivity contribution in [3.8, 4) is 0 Å². The van der Waals surface area contributed by atoms with E-state index in [-0.39, 0.29) is 0 Å². The van der Waals surface area contributed by atoms with Gasteiger partial charge in [-0.15, -0.1) is 0 Å². The molecule has 2 rings (SSSR count). The number of rotatable bonds is 2. The summed E-state index contributed by atoms with van der Waals surface area (Å²) in [6.45, 7) is 0. The number of halogens is 1. The SMILES string of the molecule is Nc1c(Cl)cccc1Cc1ccccc1. The Labute approximate surface area is 94.5 Å². The topological polar surface area (TPSA) is 26.0 Å². The molecule has 2 aromatic rings. The molecule has 1 nitrogen and oxygen atoms in total. The van der Waals surface area contributed by atoms with Crippen LogP contribution >= 0.6 is 11.6 Å². The Balaban J connectivity index is 2.29. The van der Waals surface area contributed by atoms with Crippen LogP contribution in [0.25, 0.3) is 0 Å². The summed E-state index contributed by atoms with van der Waals surface area (Å²) < 4.78 is 0. The van der Waals surface area contributed by atoms with Gasteiger partial charge in [-0.1, -0.05) is 54.1 Å². The van der Waals surface area contributed by atoms with Gasteiger partial charge in [-0.3, -0.25) is 0 Å². The number of anilines is 1. The van der Waals surface area contributed by atoms with Crippen LogP contribution in [0.1, 0.15) is 11.1 Å². The molecule has 2 aromatic carbocycles. The number of hydrogen-bond donors (Lipinski definition) is 1. The van der Waals surface area contributed by atoms with Gasteiger partial charge in [0.05, 0.1) is 10.7 Å². The van der Waals surface area contributed by atoms with Crippen molar-refractivity contribution < 1.29 is 0 Å². The van der Waals surface area contributed by atoms with Gasteiger partial charge < -0.3 is 5.73 Å². The van der Waals surface area contributed by atoms with Crippen LogP contribution in [0, 0.1) is 0 Å². The van der Waals surface area contributed by atoms with Crippen LogP contribution in [-0.2, 0) is 6.42 Å². The maximum atomic E-state index is 5.96. The van der Waals surface area contributed by atoms with E-state index in [4.69, 9.17) is 17.3 Å². The first kappa shape index (κ1) is 10.1. The van der Waals surface area contributed by atoms with E-state index in [2.05, 4.69) is 12.1 Å². The van der Waals surface area contributed by atoms with Gasteiger partial charge >= 0.3 is 0 Å². The van der Waals surface area contributed by atoms with Crippen molar-refractivity contribution in [2.24, 2.45) is 0 Å². The summed E-state index contributed by atoms with van der Waals surface area (Å²) in [6.07, 6.45) is 0.827. The summed E-state index contributed by atoms with van der Waals surface area (Å²) in [5.41, 5.74) is 8.90. The van der Waals surface area contributed by atoms with Gasteiger partial charge in [0.2, 0.25) is 0 Å². The van der Waals surface area contributed by atoms with E-state index in [0.717, 1.165) is 12.0 Å². The molecule has 0 aromatic heterocycles. The molecule has 0 unspecified atom stereocenters. The highest BCUT2D eigenvalue weighted by Gasteiger charge is 2.03. The summed E-state index contributed by atoms with van der Waals surface area (Å²) in [6, 6.07) is 16.0. The highest BCUT2D eigenvalue weighted by atomic mass is 35.5. The lowest BCUT2D eigenvalue weighted by Crippen LogP contribution is -1.96. The van der Waals surface area contributed by atoms with Crippen LogP contribution in [0.3, 0.4) is 0 Å². The van der Waals surface area contributed by atoms with Gasteiger partial charge in [0.1, 0.15) is 0 Å². The van der Waals surface area contributed by atoms with E-state index in [1.807, 2.05) is 36.4 Å². The highest BCUT2D eigenvalue weighted by Crippen LogP contribution is 2.24. The number of benzene rings is 2. The molecule has 0 aliphatic carbocycles. The molecular weight excluding hydrogens is 206 g/mol. The molecule has 0 saturated heterocycles. The van der Waals surface area contributed by atoms with Crippen LogP contribution in [0.5, 0.6) is 0 Å². The summed E-state index contributed by atoms with van der Waals surface area (Å²) in [7, 11) is 0. The highest BCUT2D eigenvalue weighted by molar-refractivity contribution is 6.33. The van der Waals surface area contributed by atoms with Crippen LogP contribution in [0.4, 0.5) is 5.69 Å². The van der Waals surface area contributed by atoms with Gasteiger partial charge in [-0.2, -0.15) is 0 Å². The van der Waals surface area contributed by atoms with Crippen molar-refractivity contribution in [1.82, 2.24) is 0 Å². The Morgan fingerprint density at radius 2 is 1.67 bits per heavy atom. The number of nitrogens with two attached hydrogens (primary N) is 1. The summed E-state index contributed by atoms with van der Waals surface area (Å²) in [5, 5.41) is 0.628. The molecule has 0 aliphatic heterocycles. The zero-order valence-corrected chi connectivity index (χ0v) is 9.04. The van der Waals surface area contributed by atoms with Gasteiger partial charge in [0, 0.05) is 0 Å². The molecule has 0 bridgehead atoms. The Morgan fingerprint density at radius 3 is 2.40 bits per heavy atom. The molecule has 0 spiro atoms. The van der Waals surface area contributed by atoms with Crippen molar-refractivity contribution in [3.63, 3.8) is 0 Å². The summed E-state index contributed by atoms with van der Waals surface area (Å²) in [5.74, 6) is 0. The molecule has 76 valence electrons. The molecule has 0 aliphatic rings. The van der Waals surface area contributed by atoms with E-state index in [9.17, 15) is 0 Å². The standard InChI is InChI=1S/C13H12ClN/c14-12-8-4-7-11(13(12)15)9-10-5-2-1-3-6-10/h1-8H,9,15H2. The Kier molecular flexibility index (Phi) is 2.93. The first-order valence-corrected chi connectivity index (χ1v) is 5.22. The third-order valence-electron chi connectivity index (χ3n) is 2.38. The number of para-hydroxylation sites is 1. The van der Waals surface area contributed by atoms with E-state index < -0.39 is 0 Å². The second kappa shape index (κ2) is 4.37. The minimum absolute atomic E-state index is 0.628. The first-order chi connectivity index (χ1) is 7.27. The van der Waals surface area contributed by atoms with E-state index in [1.165, 1.54) is 5.56 Å². The second-order valence-corrected chi connectivity index (χ2v) is 3.88. The smallest absolute Gasteiger partial charge is 0.0638 e. The van der Waals surface area contributed by atoms with Crippen LogP contribution in [-0.4, -0.2) is 0 Å². The third-order valence-corrected chi connectivity index (χ3v) is 2.71. The fourth-order valence-corrected chi connectivity index (χ4v) is 1.75. The maximum Gasteiger partial charge on any atom is 0.0638 e. The van der Waals surface area contributed by atoms with Crippen molar-refractivity contribution in [1.29, 1.82) is 0 Å². The molecular formula is C13H12ClN. The predicted octanol–water partition coefficient (Wildman–Crippen LogP) is 3.51. The van der Waals surface area contributed by atoms with Crippen LogP contribution < -0.4 is 5.73 Å². The first-order valence-electron chi connectivity index (χ1n) is 4.84. The fraction of sp³-hybridized carbons (Fsp3) is 0.0769. The van der Waals surface area contributed by atoms with Gasteiger partial charge in [0.25, 0.3) is 0 Å². The number of hydrogen-bond acceptors (Lipinski definition) is 1. The van der Waals surface area contributed by atoms with Crippen LogP contribution in [0.15, 0.2) is 48.5 Å². The van der Waals surface area contributed by atoms with Crippen LogP contribution in [0.2, 0.25) is 5.02 Å².